The SMILES string of the molecule is CCO[P+]([O-])=CCC1CCCCC1. The van der Waals surface area contributed by atoms with Crippen LogP contribution in [-0.4, -0.2) is 12.4 Å². The maximum Gasteiger partial charge on any atom is 0.216 e. The Morgan fingerprint density at radius 2 is 2.08 bits per heavy atom. The van der Waals surface area contributed by atoms with Gasteiger partial charge < -0.3 is 4.89 Å². The molecule has 1 atom stereocenters. The molecule has 1 fully saturated rings. The van der Waals surface area contributed by atoms with E-state index in [1.165, 1.54) is 32.1 Å². The minimum atomic E-state index is -1.48. The lowest BCUT2D eigenvalue weighted by Gasteiger charge is -2.18. The number of hydrogen-bond acceptors (Lipinski definition) is 2. The summed E-state index contributed by atoms with van der Waals surface area (Å²) < 4.78 is 4.99. The van der Waals surface area contributed by atoms with Crippen molar-refractivity contribution < 1.29 is 9.42 Å². The second-order valence-electron chi connectivity index (χ2n) is 3.63. The number of rotatable bonds is 4. The molecule has 1 saturated carbocycles. The Morgan fingerprint density at radius 1 is 1.38 bits per heavy atom. The molecule has 0 aromatic heterocycles. The molecule has 0 N–H and O–H groups in total. The highest BCUT2D eigenvalue weighted by molar-refractivity contribution is 7.44. The molecule has 0 amide bonds. The van der Waals surface area contributed by atoms with Crippen LogP contribution in [0.2, 0.25) is 0 Å². The van der Waals surface area contributed by atoms with Crippen LogP contribution in [-0.2, 0) is 4.52 Å². The zero-order valence-electron chi connectivity index (χ0n) is 8.37. The first-order valence-electron chi connectivity index (χ1n) is 5.25. The first-order chi connectivity index (χ1) is 6.33. The van der Waals surface area contributed by atoms with Gasteiger partial charge in [0.05, 0.1) is 6.61 Å². The Balaban J connectivity index is 2.19. The van der Waals surface area contributed by atoms with E-state index in [1.54, 1.807) is 0 Å². The van der Waals surface area contributed by atoms with Crippen LogP contribution >= 0.6 is 8.00 Å². The molecule has 2 nitrogen and oxygen atoms in total. The molecule has 76 valence electrons. The van der Waals surface area contributed by atoms with Gasteiger partial charge in [0.2, 0.25) is 8.00 Å². The van der Waals surface area contributed by atoms with E-state index in [2.05, 4.69) is 0 Å². The van der Waals surface area contributed by atoms with Crippen molar-refractivity contribution in [2.45, 2.75) is 45.4 Å². The van der Waals surface area contributed by atoms with Crippen LogP contribution in [0.1, 0.15) is 45.4 Å². The van der Waals surface area contributed by atoms with E-state index >= 15 is 0 Å². The highest BCUT2D eigenvalue weighted by atomic mass is 31.1. The minimum Gasteiger partial charge on any atom is -0.603 e. The van der Waals surface area contributed by atoms with E-state index in [0.717, 1.165) is 12.3 Å². The fourth-order valence-corrected chi connectivity index (χ4v) is 2.67. The Morgan fingerprint density at radius 3 is 2.69 bits per heavy atom. The molecule has 1 aliphatic carbocycles. The van der Waals surface area contributed by atoms with Crippen molar-refractivity contribution in [1.82, 2.24) is 0 Å². The first kappa shape index (κ1) is 11.2. The van der Waals surface area contributed by atoms with Crippen molar-refractivity contribution in [3.05, 3.63) is 0 Å². The van der Waals surface area contributed by atoms with Crippen LogP contribution in [0.5, 0.6) is 0 Å². The highest BCUT2D eigenvalue weighted by Crippen LogP contribution is 2.26. The maximum absolute atomic E-state index is 11.2. The molecule has 0 aromatic carbocycles. The standard InChI is InChI=1S/C10H19O2P/c1-2-12-13(11)9-8-10-6-4-3-5-7-10/h9-10H,2-8H2,1H3. The molecule has 3 heteroatoms. The van der Waals surface area contributed by atoms with Crippen molar-refractivity contribution in [3.63, 3.8) is 0 Å². The van der Waals surface area contributed by atoms with Crippen LogP contribution in [0.15, 0.2) is 0 Å². The van der Waals surface area contributed by atoms with Gasteiger partial charge in [-0.15, -0.1) is 0 Å². The summed E-state index contributed by atoms with van der Waals surface area (Å²) in [7, 11) is -1.48. The number of hydrogen-bond donors (Lipinski definition) is 0. The third kappa shape index (κ3) is 4.75. The van der Waals surface area contributed by atoms with Crippen molar-refractivity contribution in [1.29, 1.82) is 0 Å². The molecule has 1 aliphatic rings. The van der Waals surface area contributed by atoms with Crippen LogP contribution in [0.25, 0.3) is 0 Å². The summed E-state index contributed by atoms with van der Waals surface area (Å²) in [6.07, 6.45) is 7.69. The highest BCUT2D eigenvalue weighted by Gasteiger charge is 2.13. The van der Waals surface area contributed by atoms with Gasteiger partial charge in [0.25, 0.3) is 0 Å². The summed E-state index contributed by atoms with van der Waals surface area (Å²) in [5.41, 5.74) is 0. The second kappa shape index (κ2) is 6.53. The fraction of sp³-hybridized carbons (Fsp3) is 0.900. The van der Waals surface area contributed by atoms with Gasteiger partial charge in [0.15, 0.2) is 0 Å². The average molecular weight is 202 g/mol. The fourth-order valence-electron chi connectivity index (χ4n) is 1.84. The average Bonchev–Trinajstić information content (AvgIpc) is 2.17. The van der Waals surface area contributed by atoms with Gasteiger partial charge in [-0.3, -0.25) is 0 Å². The normalized spacial score (nSPS) is 20.6. The zero-order chi connectivity index (χ0) is 9.52. The van der Waals surface area contributed by atoms with Gasteiger partial charge in [-0.05, 0) is 12.8 Å². The second-order valence-corrected chi connectivity index (χ2v) is 4.82. The third-order valence-electron chi connectivity index (χ3n) is 2.57. The van der Waals surface area contributed by atoms with Crippen LogP contribution in [0.4, 0.5) is 0 Å². The van der Waals surface area contributed by atoms with Crippen LogP contribution < -0.4 is 4.89 Å². The predicted molar refractivity (Wildman–Crippen MR) is 55.8 cm³/mol. The Bertz CT molecular complexity index is 162. The molecule has 0 spiro atoms. The van der Waals surface area contributed by atoms with Gasteiger partial charge in [0.1, 0.15) is 5.80 Å². The van der Waals surface area contributed by atoms with Crippen LogP contribution in [0, 0.1) is 5.92 Å². The topological polar surface area (TPSA) is 32.3 Å². The Hall–Kier alpha value is 0.0900. The van der Waals surface area contributed by atoms with Gasteiger partial charge in [-0.25, -0.2) is 0 Å². The van der Waals surface area contributed by atoms with Gasteiger partial charge in [0, 0.05) is 6.42 Å². The largest absolute Gasteiger partial charge is 0.603 e. The van der Waals surface area contributed by atoms with E-state index < -0.39 is 8.00 Å². The van der Waals surface area contributed by atoms with Crippen molar-refractivity contribution in [3.8, 4) is 0 Å². The first-order valence-corrected chi connectivity index (χ1v) is 6.50. The van der Waals surface area contributed by atoms with E-state index in [1.807, 2.05) is 12.7 Å². The van der Waals surface area contributed by atoms with E-state index in [0.29, 0.717) is 6.61 Å². The lowest BCUT2D eigenvalue weighted by Crippen LogP contribution is -2.07. The van der Waals surface area contributed by atoms with Crippen LogP contribution in [0.3, 0.4) is 0 Å². The Labute approximate surface area is 81.9 Å². The smallest absolute Gasteiger partial charge is 0.216 e. The molecule has 13 heavy (non-hydrogen) atoms. The van der Waals surface area contributed by atoms with Gasteiger partial charge in [-0.1, -0.05) is 32.1 Å². The van der Waals surface area contributed by atoms with E-state index in [4.69, 9.17) is 4.52 Å². The summed E-state index contributed by atoms with van der Waals surface area (Å²) in [5, 5.41) is 0. The molecule has 0 aromatic rings. The molecule has 1 unspecified atom stereocenters. The lowest BCUT2D eigenvalue weighted by atomic mass is 9.88. The molecule has 0 heterocycles. The molecule has 0 aliphatic heterocycles. The molecular formula is C10H19O2P. The van der Waals surface area contributed by atoms with E-state index in [9.17, 15) is 4.89 Å². The Kier molecular flexibility index (Phi) is 5.61. The zero-order valence-corrected chi connectivity index (χ0v) is 9.26. The molecule has 0 radical (unpaired) electrons. The summed E-state index contributed by atoms with van der Waals surface area (Å²) >= 11 is 0. The van der Waals surface area contributed by atoms with Crippen molar-refractivity contribution >= 4 is 13.8 Å². The van der Waals surface area contributed by atoms with Gasteiger partial charge >= 0.3 is 0 Å². The van der Waals surface area contributed by atoms with E-state index in [-0.39, 0.29) is 0 Å². The monoisotopic (exact) mass is 202 g/mol. The maximum atomic E-state index is 11.2. The summed E-state index contributed by atoms with van der Waals surface area (Å²) in [4.78, 5) is 11.2. The summed E-state index contributed by atoms with van der Waals surface area (Å²) in [5.74, 6) is 2.63. The quantitative estimate of drug-likeness (QED) is 0.656. The minimum absolute atomic E-state index is 0.552. The molecule has 0 saturated heterocycles. The predicted octanol–water partition coefficient (Wildman–Crippen LogP) is 2.47. The molecule has 0 bridgehead atoms. The van der Waals surface area contributed by atoms with Crippen molar-refractivity contribution in [2.75, 3.05) is 6.61 Å². The summed E-state index contributed by atoms with van der Waals surface area (Å²) in [6.45, 7) is 2.43. The third-order valence-corrected chi connectivity index (χ3v) is 3.59. The molecule has 1 rings (SSSR count). The van der Waals surface area contributed by atoms with Crippen molar-refractivity contribution in [2.24, 2.45) is 5.92 Å². The lowest BCUT2D eigenvalue weighted by molar-refractivity contribution is -0.171. The van der Waals surface area contributed by atoms with Gasteiger partial charge in [-0.2, -0.15) is 4.52 Å². The summed E-state index contributed by atoms with van der Waals surface area (Å²) in [6, 6.07) is 0. The molecular weight excluding hydrogens is 183 g/mol.